The highest BCUT2D eigenvalue weighted by Crippen LogP contribution is 2.40. The maximum Gasteiger partial charge on any atom is 0.253 e. The summed E-state index contributed by atoms with van der Waals surface area (Å²) in [6.07, 6.45) is 1.68. The fourth-order valence-electron chi connectivity index (χ4n) is 3.39. The number of hydrogen-bond donors (Lipinski definition) is 1. The Morgan fingerprint density at radius 2 is 2.04 bits per heavy atom. The summed E-state index contributed by atoms with van der Waals surface area (Å²) < 4.78 is 10.9. The SMILES string of the molecule is COc1ccc([C@@H]2[C@@H](C(=O)N(C)CCCO)OCC(=O)N2C2CC2)cc1. The van der Waals surface area contributed by atoms with E-state index in [9.17, 15) is 9.59 Å². The number of rotatable bonds is 7. The number of aliphatic hydroxyl groups is 1. The third-order valence-corrected chi connectivity index (χ3v) is 4.93. The van der Waals surface area contributed by atoms with Crippen molar-refractivity contribution in [1.82, 2.24) is 9.80 Å². The van der Waals surface area contributed by atoms with Crippen LogP contribution in [0.25, 0.3) is 0 Å². The Labute approximate surface area is 153 Å². The molecule has 1 N–H and O–H groups in total. The molecule has 26 heavy (non-hydrogen) atoms. The molecule has 2 atom stereocenters. The van der Waals surface area contributed by atoms with E-state index in [-0.39, 0.29) is 31.1 Å². The minimum Gasteiger partial charge on any atom is -0.497 e. The molecule has 1 heterocycles. The van der Waals surface area contributed by atoms with Gasteiger partial charge in [0.05, 0.1) is 13.2 Å². The molecule has 0 bridgehead atoms. The molecule has 1 aromatic carbocycles. The first-order chi connectivity index (χ1) is 12.6. The van der Waals surface area contributed by atoms with Gasteiger partial charge in [0.2, 0.25) is 5.91 Å². The van der Waals surface area contributed by atoms with Gasteiger partial charge in [-0.15, -0.1) is 0 Å². The van der Waals surface area contributed by atoms with Crippen LogP contribution in [0.1, 0.15) is 30.9 Å². The number of nitrogens with zero attached hydrogens (tertiary/aromatic N) is 2. The van der Waals surface area contributed by atoms with Crippen LogP contribution in [0.2, 0.25) is 0 Å². The number of hydrogen-bond acceptors (Lipinski definition) is 5. The fraction of sp³-hybridized carbons (Fsp3) is 0.579. The molecule has 7 heteroatoms. The molecule has 7 nitrogen and oxygen atoms in total. The summed E-state index contributed by atoms with van der Waals surface area (Å²) in [5.41, 5.74) is 0.861. The van der Waals surface area contributed by atoms with E-state index in [0.29, 0.717) is 13.0 Å². The molecule has 1 aliphatic carbocycles. The number of likely N-dealkylation sites (N-methyl/N-ethyl adjacent to an activating group) is 1. The topological polar surface area (TPSA) is 79.3 Å². The number of aliphatic hydroxyl groups excluding tert-OH is 1. The van der Waals surface area contributed by atoms with Crippen LogP contribution in [0.15, 0.2) is 24.3 Å². The van der Waals surface area contributed by atoms with Crippen molar-refractivity contribution in [3.63, 3.8) is 0 Å². The van der Waals surface area contributed by atoms with E-state index < -0.39 is 12.1 Å². The monoisotopic (exact) mass is 362 g/mol. The van der Waals surface area contributed by atoms with E-state index in [1.807, 2.05) is 29.2 Å². The second kappa shape index (κ2) is 8.05. The zero-order valence-electron chi connectivity index (χ0n) is 15.3. The third kappa shape index (κ3) is 3.83. The van der Waals surface area contributed by atoms with E-state index >= 15 is 0 Å². The van der Waals surface area contributed by atoms with E-state index in [1.165, 1.54) is 0 Å². The van der Waals surface area contributed by atoms with E-state index in [2.05, 4.69) is 0 Å². The predicted octanol–water partition coefficient (Wildman–Crippen LogP) is 0.967. The lowest BCUT2D eigenvalue weighted by Gasteiger charge is -2.42. The van der Waals surface area contributed by atoms with Crippen molar-refractivity contribution >= 4 is 11.8 Å². The van der Waals surface area contributed by atoms with Gasteiger partial charge in [-0.3, -0.25) is 9.59 Å². The van der Waals surface area contributed by atoms with Gasteiger partial charge < -0.3 is 24.4 Å². The van der Waals surface area contributed by atoms with E-state index in [0.717, 1.165) is 24.2 Å². The van der Waals surface area contributed by atoms with Gasteiger partial charge in [0.25, 0.3) is 5.91 Å². The molecule has 0 unspecified atom stereocenters. The van der Waals surface area contributed by atoms with Crippen LogP contribution < -0.4 is 4.74 Å². The first kappa shape index (κ1) is 18.7. The molecule has 1 saturated carbocycles. The smallest absolute Gasteiger partial charge is 0.253 e. The summed E-state index contributed by atoms with van der Waals surface area (Å²) in [5.74, 6) is 0.477. The van der Waals surface area contributed by atoms with E-state index in [4.69, 9.17) is 14.6 Å². The van der Waals surface area contributed by atoms with Crippen LogP contribution in [-0.4, -0.2) is 72.8 Å². The highest BCUT2D eigenvalue weighted by molar-refractivity contribution is 5.86. The summed E-state index contributed by atoms with van der Waals surface area (Å²) in [4.78, 5) is 28.9. The van der Waals surface area contributed by atoms with Gasteiger partial charge >= 0.3 is 0 Å². The summed E-state index contributed by atoms with van der Waals surface area (Å²) in [7, 11) is 3.30. The van der Waals surface area contributed by atoms with Crippen LogP contribution in [0.5, 0.6) is 5.75 Å². The Morgan fingerprint density at radius 1 is 1.35 bits per heavy atom. The molecule has 0 radical (unpaired) electrons. The summed E-state index contributed by atoms with van der Waals surface area (Å²) in [6.45, 7) is 0.396. The first-order valence-corrected chi connectivity index (χ1v) is 8.99. The van der Waals surface area contributed by atoms with Crippen LogP contribution >= 0.6 is 0 Å². The van der Waals surface area contributed by atoms with Crippen molar-refractivity contribution in [2.45, 2.75) is 37.5 Å². The maximum atomic E-state index is 13.0. The lowest BCUT2D eigenvalue weighted by atomic mass is 9.96. The molecule has 3 rings (SSSR count). The van der Waals surface area contributed by atoms with Gasteiger partial charge in [-0.25, -0.2) is 0 Å². The van der Waals surface area contributed by atoms with E-state index in [1.54, 1.807) is 19.1 Å². The average molecular weight is 362 g/mol. The number of methoxy groups -OCH3 is 1. The lowest BCUT2D eigenvalue weighted by Crippen LogP contribution is -2.55. The molecule has 2 fully saturated rings. The Hall–Kier alpha value is -2.12. The van der Waals surface area contributed by atoms with Gasteiger partial charge in [0.15, 0.2) is 6.10 Å². The van der Waals surface area contributed by atoms with Gasteiger partial charge in [0.1, 0.15) is 12.4 Å². The zero-order chi connectivity index (χ0) is 18.7. The molecular weight excluding hydrogens is 336 g/mol. The fourth-order valence-corrected chi connectivity index (χ4v) is 3.39. The molecule has 2 aliphatic rings. The minimum atomic E-state index is -0.745. The molecule has 1 aromatic rings. The number of carbonyl (C=O) groups excluding carboxylic acids is 2. The quantitative estimate of drug-likeness (QED) is 0.782. The van der Waals surface area contributed by atoms with Gasteiger partial charge in [-0.2, -0.15) is 0 Å². The van der Waals surface area contributed by atoms with Crippen molar-refractivity contribution < 1.29 is 24.2 Å². The standard InChI is InChI=1S/C19H26N2O5/c1-20(10-3-11-22)19(24)18-17(13-4-8-15(25-2)9-5-13)21(14-6-7-14)16(23)12-26-18/h4-5,8-9,14,17-18,22H,3,6-7,10-12H2,1-2H3/t17-,18+/m1/s1. The van der Waals surface area contributed by atoms with Gasteiger partial charge in [-0.05, 0) is 37.0 Å². The average Bonchev–Trinajstić information content (AvgIpc) is 3.50. The maximum absolute atomic E-state index is 13.0. The van der Waals surface area contributed by atoms with Crippen molar-refractivity contribution in [2.24, 2.45) is 0 Å². The molecule has 1 aliphatic heterocycles. The minimum absolute atomic E-state index is 0.0255. The first-order valence-electron chi connectivity index (χ1n) is 8.99. The summed E-state index contributed by atoms with van der Waals surface area (Å²) in [6, 6.07) is 7.16. The molecule has 1 saturated heterocycles. The number of amides is 2. The number of morpholine rings is 1. The summed E-state index contributed by atoms with van der Waals surface area (Å²) >= 11 is 0. The molecule has 0 aromatic heterocycles. The van der Waals surface area contributed by atoms with Crippen LogP contribution in [0.3, 0.4) is 0 Å². The zero-order valence-corrected chi connectivity index (χ0v) is 15.3. The van der Waals surface area contributed by atoms with Crippen molar-refractivity contribution in [1.29, 1.82) is 0 Å². The highest BCUT2D eigenvalue weighted by Gasteiger charge is 2.48. The normalized spacial score (nSPS) is 23.0. The largest absolute Gasteiger partial charge is 0.497 e. The lowest BCUT2D eigenvalue weighted by molar-refractivity contribution is -0.169. The Bertz CT molecular complexity index is 644. The van der Waals surface area contributed by atoms with Crippen molar-refractivity contribution in [3.8, 4) is 5.75 Å². The Kier molecular flexibility index (Phi) is 5.78. The second-order valence-corrected chi connectivity index (χ2v) is 6.82. The highest BCUT2D eigenvalue weighted by atomic mass is 16.5. The van der Waals surface area contributed by atoms with Crippen molar-refractivity contribution in [2.75, 3.05) is 33.9 Å². The van der Waals surface area contributed by atoms with Gasteiger partial charge in [-0.1, -0.05) is 12.1 Å². The predicted molar refractivity (Wildman–Crippen MR) is 94.7 cm³/mol. The molecule has 2 amide bonds. The Balaban J connectivity index is 1.89. The van der Waals surface area contributed by atoms with Crippen LogP contribution in [0, 0.1) is 0 Å². The molecular formula is C19H26N2O5. The molecule has 142 valence electrons. The summed E-state index contributed by atoms with van der Waals surface area (Å²) in [5, 5.41) is 9.01. The molecule has 0 spiro atoms. The van der Waals surface area contributed by atoms with Crippen LogP contribution in [-0.2, 0) is 14.3 Å². The Morgan fingerprint density at radius 3 is 2.62 bits per heavy atom. The number of benzene rings is 1. The third-order valence-electron chi connectivity index (χ3n) is 4.93. The van der Waals surface area contributed by atoms with Gasteiger partial charge in [0, 0.05) is 26.2 Å². The van der Waals surface area contributed by atoms with Crippen LogP contribution in [0.4, 0.5) is 0 Å². The number of ether oxygens (including phenoxy) is 2. The number of carbonyl (C=O) groups is 2. The second-order valence-electron chi connectivity index (χ2n) is 6.82. The van der Waals surface area contributed by atoms with Crippen molar-refractivity contribution in [3.05, 3.63) is 29.8 Å².